The van der Waals surface area contributed by atoms with Gasteiger partial charge in [0.25, 0.3) is 0 Å². The molecule has 0 atom stereocenters. The zero-order chi connectivity index (χ0) is 13.4. The van der Waals surface area contributed by atoms with Gasteiger partial charge in [-0.1, -0.05) is 11.6 Å². The van der Waals surface area contributed by atoms with Crippen LogP contribution in [0.25, 0.3) is 0 Å². The van der Waals surface area contributed by atoms with Crippen molar-refractivity contribution in [2.75, 3.05) is 27.4 Å². The van der Waals surface area contributed by atoms with Crippen LogP contribution in [0.2, 0.25) is 5.02 Å². The fourth-order valence-electron chi connectivity index (χ4n) is 1.51. The van der Waals surface area contributed by atoms with Crippen LogP contribution in [0.3, 0.4) is 0 Å². The van der Waals surface area contributed by atoms with Crippen molar-refractivity contribution < 1.29 is 14.2 Å². The SMILES string of the molecule is COCCCCOc1c(Cl)cc(CCl)cc1OC. The number of halogens is 2. The Labute approximate surface area is 118 Å². The Hall–Kier alpha value is -0.640. The Morgan fingerprint density at radius 2 is 1.83 bits per heavy atom. The molecule has 3 nitrogen and oxygen atoms in total. The molecular weight excluding hydrogens is 275 g/mol. The van der Waals surface area contributed by atoms with E-state index in [-0.39, 0.29) is 0 Å². The Morgan fingerprint density at radius 1 is 1.11 bits per heavy atom. The van der Waals surface area contributed by atoms with Gasteiger partial charge in [-0.25, -0.2) is 0 Å². The lowest BCUT2D eigenvalue weighted by molar-refractivity contribution is 0.183. The average molecular weight is 293 g/mol. The minimum atomic E-state index is 0.393. The smallest absolute Gasteiger partial charge is 0.179 e. The lowest BCUT2D eigenvalue weighted by Crippen LogP contribution is -2.02. The van der Waals surface area contributed by atoms with E-state index >= 15 is 0 Å². The van der Waals surface area contributed by atoms with E-state index in [0.717, 1.165) is 25.0 Å². The van der Waals surface area contributed by atoms with E-state index in [1.807, 2.05) is 6.07 Å². The molecule has 0 radical (unpaired) electrons. The van der Waals surface area contributed by atoms with Gasteiger partial charge in [0, 0.05) is 19.6 Å². The molecule has 5 heteroatoms. The van der Waals surface area contributed by atoms with E-state index in [2.05, 4.69) is 0 Å². The molecular formula is C13H18Cl2O3. The van der Waals surface area contributed by atoms with Crippen LogP contribution in [0.4, 0.5) is 0 Å². The van der Waals surface area contributed by atoms with Crippen LogP contribution in [0.1, 0.15) is 18.4 Å². The number of alkyl halides is 1. The van der Waals surface area contributed by atoms with Crippen molar-refractivity contribution in [2.45, 2.75) is 18.7 Å². The van der Waals surface area contributed by atoms with Crippen LogP contribution in [0, 0.1) is 0 Å². The highest BCUT2D eigenvalue weighted by Gasteiger charge is 2.11. The van der Waals surface area contributed by atoms with Gasteiger partial charge >= 0.3 is 0 Å². The third kappa shape index (κ3) is 4.56. The average Bonchev–Trinajstić information content (AvgIpc) is 2.39. The van der Waals surface area contributed by atoms with Crippen LogP contribution in [-0.4, -0.2) is 27.4 Å². The molecule has 0 spiro atoms. The van der Waals surface area contributed by atoms with E-state index < -0.39 is 0 Å². The van der Waals surface area contributed by atoms with Gasteiger partial charge in [-0.2, -0.15) is 0 Å². The zero-order valence-corrected chi connectivity index (χ0v) is 12.2. The number of hydrogen-bond acceptors (Lipinski definition) is 3. The summed E-state index contributed by atoms with van der Waals surface area (Å²) in [4.78, 5) is 0. The predicted octanol–water partition coefficient (Wildman–Crippen LogP) is 3.89. The van der Waals surface area contributed by atoms with Gasteiger partial charge in [0.1, 0.15) is 0 Å². The number of benzene rings is 1. The first-order valence-electron chi connectivity index (χ1n) is 5.77. The minimum Gasteiger partial charge on any atom is -0.493 e. The van der Waals surface area contributed by atoms with Gasteiger partial charge in [-0.15, -0.1) is 11.6 Å². The van der Waals surface area contributed by atoms with E-state index in [1.165, 1.54) is 0 Å². The minimum absolute atomic E-state index is 0.393. The summed E-state index contributed by atoms with van der Waals surface area (Å²) in [6.07, 6.45) is 1.86. The van der Waals surface area contributed by atoms with Crippen LogP contribution in [0.5, 0.6) is 11.5 Å². The molecule has 102 valence electrons. The molecule has 1 rings (SSSR count). The third-order valence-corrected chi connectivity index (χ3v) is 3.02. The van der Waals surface area contributed by atoms with Crippen LogP contribution in [0.15, 0.2) is 12.1 Å². The maximum Gasteiger partial charge on any atom is 0.179 e. The third-order valence-electron chi connectivity index (χ3n) is 2.43. The molecule has 0 aliphatic carbocycles. The highest BCUT2D eigenvalue weighted by molar-refractivity contribution is 6.32. The number of unbranched alkanes of at least 4 members (excludes halogenated alkanes) is 1. The summed E-state index contributed by atoms with van der Waals surface area (Å²) in [7, 11) is 3.27. The van der Waals surface area contributed by atoms with Crippen molar-refractivity contribution in [3.8, 4) is 11.5 Å². The lowest BCUT2D eigenvalue weighted by atomic mass is 10.2. The molecule has 1 aromatic rings. The predicted molar refractivity (Wildman–Crippen MR) is 74.2 cm³/mol. The molecule has 0 amide bonds. The normalized spacial score (nSPS) is 10.4. The largest absolute Gasteiger partial charge is 0.493 e. The highest BCUT2D eigenvalue weighted by atomic mass is 35.5. The van der Waals surface area contributed by atoms with Crippen LogP contribution >= 0.6 is 23.2 Å². The summed E-state index contributed by atoms with van der Waals surface area (Å²) in [5.41, 5.74) is 0.908. The molecule has 0 saturated heterocycles. The molecule has 0 saturated carbocycles. The van der Waals surface area contributed by atoms with Gasteiger partial charge < -0.3 is 14.2 Å². The summed E-state index contributed by atoms with van der Waals surface area (Å²) in [5.74, 6) is 1.58. The monoisotopic (exact) mass is 292 g/mol. The summed E-state index contributed by atoms with van der Waals surface area (Å²) < 4.78 is 15.9. The number of hydrogen-bond donors (Lipinski definition) is 0. The van der Waals surface area contributed by atoms with Crippen LogP contribution in [-0.2, 0) is 10.6 Å². The molecule has 0 fully saturated rings. The van der Waals surface area contributed by atoms with Crippen molar-refractivity contribution in [1.82, 2.24) is 0 Å². The Balaban J connectivity index is 2.63. The van der Waals surface area contributed by atoms with Crippen molar-refractivity contribution in [3.05, 3.63) is 22.7 Å². The summed E-state index contributed by atoms with van der Waals surface area (Å²) in [6.45, 7) is 1.32. The second kappa shape index (κ2) is 8.46. The van der Waals surface area contributed by atoms with E-state index in [1.54, 1.807) is 20.3 Å². The van der Waals surface area contributed by atoms with Gasteiger partial charge in [-0.05, 0) is 30.5 Å². The number of ether oxygens (including phenoxy) is 3. The van der Waals surface area contributed by atoms with Gasteiger partial charge in [0.2, 0.25) is 0 Å². The standard InChI is InChI=1S/C13H18Cl2O3/c1-16-5-3-4-6-18-13-11(15)7-10(9-14)8-12(13)17-2/h7-8H,3-6,9H2,1-2H3. The first kappa shape index (κ1) is 15.4. The first-order chi connectivity index (χ1) is 8.72. The molecule has 0 bridgehead atoms. The Morgan fingerprint density at radius 3 is 2.44 bits per heavy atom. The molecule has 0 heterocycles. The summed E-state index contributed by atoms with van der Waals surface area (Å²) in [5, 5.41) is 0.525. The van der Waals surface area contributed by atoms with Gasteiger partial charge in [-0.3, -0.25) is 0 Å². The zero-order valence-electron chi connectivity index (χ0n) is 10.7. The summed E-state index contributed by atoms with van der Waals surface area (Å²) >= 11 is 11.9. The highest BCUT2D eigenvalue weighted by Crippen LogP contribution is 2.36. The number of methoxy groups -OCH3 is 2. The quantitative estimate of drug-likeness (QED) is 0.537. The van der Waals surface area contributed by atoms with Gasteiger partial charge in [0.05, 0.1) is 18.7 Å². The fourth-order valence-corrected chi connectivity index (χ4v) is 1.96. The van der Waals surface area contributed by atoms with Crippen molar-refractivity contribution >= 4 is 23.2 Å². The van der Waals surface area contributed by atoms with Crippen molar-refractivity contribution in [3.63, 3.8) is 0 Å². The fraction of sp³-hybridized carbons (Fsp3) is 0.538. The van der Waals surface area contributed by atoms with E-state index in [9.17, 15) is 0 Å². The molecule has 0 aliphatic heterocycles. The van der Waals surface area contributed by atoms with Gasteiger partial charge in [0.15, 0.2) is 11.5 Å². The maximum absolute atomic E-state index is 6.14. The topological polar surface area (TPSA) is 27.7 Å². The first-order valence-corrected chi connectivity index (χ1v) is 6.68. The van der Waals surface area contributed by atoms with Crippen molar-refractivity contribution in [2.24, 2.45) is 0 Å². The molecule has 0 N–H and O–H groups in total. The van der Waals surface area contributed by atoms with E-state index in [4.69, 9.17) is 37.4 Å². The molecule has 0 unspecified atom stereocenters. The molecule has 18 heavy (non-hydrogen) atoms. The Kier molecular flexibility index (Phi) is 7.25. The maximum atomic E-state index is 6.14. The number of rotatable bonds is 8. The van der Waals surface area contributed by atoms with E-state index in [0.29, 0.717) is 29.0 Å². The second-order valence-electron chi connectivity index (χ2n) is 3.79. The molecule has 0 aromatic heterocycles. The molecule has 0 aliphatic rings. The summed E-state index contributed by atoms with van der Waals surface area (Å²) in [6, 6.07) is 3.63. The molecule has 1 aromatic carbocycles. The Bertz CT molecular complexity index is 369. The lowest BCUT2D eigenvalue weighted by Gasteiger charge is -2.13. The van der Waals surface area contributed by atoms with Crippen molar-refractivity contribution in [1.29, 1.82) is 0 Å². The van der Waals surface area contributed by atoms with Crippen LogP contribution < -0.4 is 9.47 Å². The second-order valence-corrected chi connectivity index (χ2v) is 4.47.